The largest absolute Gasteiger partial charge is 0.479 e. The molecule has 1 saturated heterocycles. The van der Waals surface area contributed by atoms with Crippen molar-refractivity contribution in [2.75, 3.05) is 19.8 Å². The van der Waals surface area contributed by atoms with E-state index in [1.165, 1.54) is 18.2 Å². The second-order valence-corrected chi connectivity index (χ2v) is 6.69. The van der Waals surface area contributed by atoms with Gasteiger partial charge >= 0.3 is 5.97 Å². The minimum atomic E-state index is -0.550. The van der Waals surface area contributed by atoms with Gasteiger partial charge in [-0.1, -0.05) is 29.1 Å². The normalized spacial score (nSPS) is 15.3. The Morgan fingerprint density at radius 2 is 2.00 bits per heavy atom. The van der Waals surface area contributed by atoms with Gasteiger partial charge in [-0.3, -0.25) is 14.5 Å². The van der Waals surface area contributed by atoms with Crippen LogP contribution in [0.15, 0.2) is 17.0 Å². The second kappa shape index (κ2) is 8.99. The van der Waals surface area contributed by atoms with E-state index in [9.17, 15) is 14.4 Å². The van der Waals surface area contributed by atoms with Crippen LogP contribution in [-0.4, -0.2) is 41.8 Å². The van der Waals surface area contributed by atoms with Gasteiger partial charge in [-0.2, -0.15) is 0 Å². The summed E-state index contributed by atoms with van der Waals surface area (Å²) in [5.41, 5.74) is 0.495. The van der Waals surface area contributed by atoms with Crippen molar-refractivity contribution in [2.45, 2.75) is 6.92 Å². The third-order valence-electron chi connectivity index (χ3n) is 3.08. The molecule has 0 atom stereocenters. The van der Waals surface area contributed by atoms with Gasteiger partial charge in [0.1, 0.15) is 0 Å². The van der Waals surface area contributed by atoms with E-state index in [1.54, 1.807) is 6.92 Å². The number of carbonyl (C=O) groups excluding carboxylic acids is 3. The molecule has 0 aliphatic carbocycles. The molecule has 2 amide bonds. The van der Waals surface area contributed by atoms with Gasteiger partial charge < -0.3 is 9.47 Å². The molecule has 0 bridgehead atoms. The summed E-state index contributed by atoms with van der Waals surface area (Å²) in [5.74, 6) is 1.35. The highest BCUT2D eigenvalue weighted by Crippen LogP contribution is 2.37. The number of rotatable bonds is 6. The first-order chi connectivity index (χ1) is 12.4. The summed E-state index contributed by atoms with van der Waals surface area (Å²) >= 11 is 13.1. The molecule has 9 heteroatoms. The predicted molar refractivity (Wildman–Crippen MR) is 100 cm³/mol. The van der Waals surface area contributed by atoms with Crippen molar-refractivity contribution in [3.8, 4) is 18.1 Å². The second-order valence-electron chi connectivity index (χ2n) is 4.88. The molecule has 26 heavy (non-hydrogen) atoms. The number of esters is 1. The van der Waals surface area contributed by atoms with Crippen LogP contribution in [0.5, 0.6) is 5.75 Å². The van der Waals surface area contributed by atoms with Crippen molar-refractivity contribution < 1.29 is 23.9 Å². The summed E-state index contributed by atoms with van der Waals surface area (Å²) in [4.78, 5) is 36.5. The molecule has 1 aromatic rings. The standard InChI is InChI=1S/C17H13Cl2NO5S/c1-3-5-20-16(22)13(26-17(20)23)8-10-6-11(18)15(12(19)7-10)25-9-14(21)24-4-2/h1,6-8H,4-5,9H2,2H3. The number of thioether (sulfide) groups is 1. The van der Waals surface area contributed by atoms with Gasteiger partial charge in [0, 0.05) is 0 Å². The Balaban J connectivity index is 2.20. The Labute approximate surface area is 164 Å². The molecule has 1 fully saturated rings. The van der Waals surface area contributed by atoms with Gasteiger partial charge in [0.25, 0.3) is 11.1 Å². The van der Waals surface area contributed by atoms with Crippen LogP contribution in [0, 0.1) is 12.3 Å². The average molecular weight is 414 g/mol. The zero-order valence-electron chi connectivity index (χ0n) is 13.6. The Bertz CT molecular complexity index is 808. The molecule has 136 valence electrons. The van der Waals surface area contributed by atoms with E-state index < -0.39 is 17.1 Å². The molecule has 1 aliphatic rings. The molecular formula is C17H13Cl2NO5S. The first-order valence-corrected chi connectivity index (χ1v) is 8.90. The third-order valence-corrected chi connectivity index (χ3v) is 4.55. The number of halogens is 2. The summed E-state index contributed by atoms with van der Waals surface area (Å²) in [5, 5.41) is -0.141. The van der Waals surface area contributed by atoms with E-state index in [1.807, 2.05) is 0 Å². The fourth-order valence-corrected chi connectivity index (χ4v) is 3.46. The third kappa shape index (κ3) is 4.73. The lowest BCUT2D eigenvalue weighted by Gasteiger charge is -2.10. The monoisotopic (exact) mass is 413 g/mol. The van der Waals surface area contributed by atoms with Crippen LogP contribution < -0.4 is 4.74 Å². The van der Waals surface area contributed by atoms with Gasteiger partial charge in [-0.05, 0) is 42.5 Å². The Morgan fingerprint density at radius 3 is 2.58 bits per heavy atom. The van der Waals surface area contributed by atoms with E-state index in [-0.39, 0.29) is 40.5 Å². The van der Waals surface area contributed by atoms with Crippen LogP contribution in [0.25, 0.3) is 6.08 Å². The van der Waals surface area contributed by atoms with E-state index in [0.717, 1.165) is 16.7 Å². The van der Waals surface area contributed by atoms with Crippen LogP contribution in [0.3, 0.4) is 0 Å². The van der Waals surface area contributed by atoms with Gasteiger partial charge in [0.2, 0.25) is 0 Å². The minimum absolute atomic E-state index is 0.0931. The molecule has 0 saturated carbocycles. The van der Waals surface area contributed by atoms with E-state index in [2.05, 4.69) is 5.92 Å². The number of carbonyl (C=O) groups is 3. The predicted octanol–water partition coefficient (Wildman–Crippen LogP) is 3.60. The summed E-state index contributed by atoms with van der Waals surface area (Å²) < 4.78 is 10.0. The number of ether oxygens (including phenoxy) is 2. The SMILES string of the molecule is C#CCN1C(=O)SC(=Cc2cc(Cl)c(OCC(=O)OCC)c(Cl)c2)C1=O. The van der Waals surface area contributed by atoms with Crippen LogP contribution in [-0.2, 0) is 14.3 Å². The topological polar surface area (TPSA) is 72.9 Å². The number of hydrogen-bond acceptors (Lipinski definition) is 6. The molecule has 1 heterocycles. The lowest BCUT2D eigenvalue weighted by Crippen LogP contribution is -2.28. The first kappa shape index (κ1) is 20.2. The fourth-order valence-electron chi connectivity index (χ4n) is 2.01. The van der Waals surface area contributed by atoms with Crippen molar-refractivity contribution >= 4 is 58.2 Å². The van der Waals surface area contributed by atoms with Gasteiger partial charge in [0.15, 0.2) is 12.4 Å². The van der Waals surface area contributed by atoms with Crippen LogP contribution in [0.2, 0.25) is 10.0 Å². The van der Waals surface area contributed by atoms with E-state index >= 15 is 0 Å². The van der Waals surface area contributed by atoms with E-state index in [0.29, 0.717) is 5.56 Å². The van der Waals surface area contributed by atoms with Gasteiger partial charge in [-0.25, -0.2) is 4.79 Å². The van der Waals surface area contributed by atoms with Crippen molar-refractivity contribution in [2.24, 2.45) is 0 Å². The lowest BCUT2D eigenvalue weighted by atomic mass is 10.2. The van der Waals surface area contributed by atoms with Crippen LogP contribution in [0.4, 0.5) is 4.79 Å². The van der Waals surface area contributed by atoms with E-state index in [4.69, 9.17) is 39.1 Å². The number of amides is 2. The average Bonchev–Trinajstić information content (AvgIpc) is 2.82. The minimum Gasteiger partial charge on any atom is -0.479 e. The maximum absolute atomic E-state index is 12.2. The molecular weight excluding hydrogens is 401 g/mol. The summed E-state index contributed by atoms with van der Waals surface area (Å²) in [6.07, 6.45) is 6.63. The summed E-state index contributed by atoms with van der Waals surface area (Å²) in [6.45, 7) is 1.48. The molecule has 0 unspecified atom stereocenters. The van der Waals surface area contributed by atoms with Gasteiger partial charge in [-0.15, -0.1) is 6.42 Å². The summed E-state index contributed by atoms with van der Waals surface area (Å²) in [6, 6.07) is 3.01. The highest BCUT2D eigenvalue weighted by Gasteiger charge is 2.34. The molecule has 1 aliphatic heterocycles. The zero-order valence-corrected chi connectivity index (χ0v) is 15.9. The van der Waals surface area contributed by atoms with Crippen molar-refractivity contribution in [3.05, 3.63) is 32.6 Å². The lowest BCUT2D eigenvalue weighted by molar-refractivity contribution is -0.145. The fraction of sp³-hybridized carbons (Fsp3) is 0.235. The highest BCUT2D eigenvalue weighted by atomic mass is 35.5. The summed E-state index contributed by atoms with van der Waals surface area (Å²) in [7, 11) is 0. The van der Waals surface area contributed by atoms with Crippen LogP contribution >= 0.6 is 35.0 Å². The zero-order chi connectivity index (χ0) is 19.3. The van der Waals surface area contributed by atoms with Crippen molar-refractivity contribution in [3.63, 3.8) is 0 Å². The maximum Gasteiger partial charge on any atom is 0.344 e. The molecule has 6 nitrogen and oxygen atoms in total. The number of nitrogens with zero attached hydrogens (tertiary/aromatic N) is 1. The maximum atomic E-state index is 12.2. The Kier molecular flexibility index (Phi) is 6.98. The molecule has 0 radical (unpaired) electrons. The first-order valence-electron chi connectivity index (χ1n) is 7.33. The smallest absolute Gasteiger partial charge is 0.344 e. The Morgan fingerprint density at radius 1 is 1.35 bits per heavy atom. The molecule has 2 rings (SSSR count). The van der Waals surface area contributed by atoms with Crippen LogP contribution in [0.1, 0.15) is 12.5 Å². The molecule has 1 aromatic carbocycles. The number of benzene rings is 1. The van der Waals surface area contributed by atoms with Gasteiger partial charge in [0.05, 0.1) is 28.1 Å². The Hall–Kier alpha value is -2.14. The van der Waals surface area contributed by atoms with Crippen molar-refractivity contribution in [1.29, 1.82) is 0 Å². The molecule has 0 N–H and O–H groups in total. The quantitative estimate of drug-likeness (QED) is 0.402. The number of terminal acetylenes is 1. The number of imide groups is 1. The molecule has 0 aromatic heterocycles. The number of hydrogen-bond donors (Lipinski definition) is 0. The molecule has 0 spiro atoms. The highest BCUT2D eigenvalue weighted by molar-refractivity contribution is 8.18. The van der Waals surface area contributed by atoms with Crippen molar-refractivity contribution in [1.82, 2.24) is 4.90 Å².